The summed E-state index contributed by atoms with van der Waals surface area (Å²) in [5, 5.41) is 10.9. The van der Waals surface area contributed by atoms with Crippen molar-refractivity contribution in [1.82, 2.24) is 16.0 Å². The van der Waals surface area contributed by atoms with E-state index in [9.17, 15) is 14.4 Å². The third kappa shape index (κ3) is 5.43. The van der Waals surface area contributed by atoms with Gasteiger partial charge in [0.15, 0.2) is 0 Å². The number of nitrogens with one attached hydrogen (secondary N) is 3. The number of rotatable bonds is 8. The van der Waals surface area contributed by atoms with Crippen molar-refractivity contribution < 1.29 is 14.4 Å². The molecule has 0 bridgehead atoms. The number of benzene rings is 3. The van der Waals surface area contributed by atoms with Gasteiger partial charge in [-0.15, -0.1) is 0 Å². The van der Waals surface area contributed by atoms with Gasteiger partial charge in [0.05, 0.1) is 12.1 Å². The summed E-state index contributed by atoms with van der Waals surface area (Å²) >= 11 is 0. The van der Waals surface area contributed by atoms with Crippen molar-refractivity contribution in [2.45, 2.75) is 38.3 Å². The van der Waals surface area contributed by atoms with Gasteiger partial charge in [0.25, 0.3) is 5.91 Å². The predicted octanol–water partition coefficient (Wildman–Crippen LogP) is 2.84. The molecule has 3 aromatic rings. The Morgan fingerprint density at radius 3 is 2.44 bits per heavy atom. The van der Waals surface area contributed by atoms with Crippen molar-refractivity contribution in [3.05, 3.63) is 82.9 Å². The standard InChI is InChI=1S/C27H30N4O3/c1-17(26(33)31-24-8-4-6-18-5-2-3-7-23(18)24)29-13-14-30-27(34)22-12-10-19-15-21(25(28)32)11-9-20(19)16-22/h2-3,5,7,9-12,15-17,24,29H,4,6,8,13-14H2,1H3,(H2,28,32)(H,30,34)(H,31,33). The fourth-order valence-corrected chi connectivity index (χ4v) is 4.40. The summed E-state index contributed by atoms with van der Waals surface area (Å²) in [4.78, 5) is 36.5. The number of amides is 3. The average molecular weight is 459 g/mol. The van der Waals surface area contributed by atoms with Gasteiger partial charge in [-0.3, -0.25) is 14.4 Å². The van der Waals surface area contributed by atoms with E-state index in [0.717, 1.165) is 30.0 Å². The summed E-state index contributed by atoms with van der Waals surface area (Å²) in [6.45, 7) is 2.69. The monoisotopic (exact) mass is 458 g/mol. The first-order chi connectivity index (χ1) is 16.4. The van der Waals surface area contributed by atoms with Crippen LogP contribution in [0.4, 0.5) is 0 Å². The van der Waals surface area contributed by atoms with Crippen LogP contribution < -0.4 is 21.7 Å². The molecule has 2 atom stereocenters. The number of carbonyl (C=O) groups excluding carboxylic acids is 3. The molecule has 7 nitrogen and oxygen atoms in total. The maximum absolute atomic E-state index is 12.7. The largest absolute Gasteiger partial charge is 0.366 e. The van der Waals surface area contributed by atoms with Gasteiger partial charge < -0.3 is 21.7 Å². The van der Waals surface area contributed by atoms with Crippen LogP contribution >= 0.6 is 0 Å². The van der Waals surface area contributed by atoms with Gasteiger partial charge in [0, 0.05) is 24.2 Å². The minimum Gasteiger partial charge on any atom is -0.366 e. The molecule has 1 aliphatic rings. The first kappa shape index (κ1) is 23.4. The second-order valence-electron chi connectivity index (χ2n) is 8.72. The number of nitrogens with two attached hydrogens (primary N) is 1. The third-order valence-electron chi connectivity index (χ3n) is 6.33. The molecule has 0 saturated heterocycles. The fourth-order valence-electron chi connectivity index (χ4n) is 4.40. The molecule has 34 heavy (non-hydrogen) atoms. The van der Waals surface area contributed by atoms with E-state index in [1.54, 1.807) is 36.4 Å². The second kappa shape index (κ2) is 10.5. The van der Waals surface area contributed by atoms with E-state index in [1.807, 2.05) is 19.1 Å². The highest BCUT2D eigenvalue weighted by molar-refractivity contribution is 6.01. The Kier molecular flexibility index (Phi) is 7.23. The van der Waals surface area contributed by atoms with Crippen LogP contribution in [0.2, 0.25) is 0 Å². The summed E-state index contributed by atoms with van der Waals surface area (Å²) < 4.78 is 0. The van der Waals surface area contributed by atoms with Crippen molar-refractivity contribution in [2.24, 2.45) is 5.73 Å². The number of carbonyl (C=O) groups is 3. The van der Waals surface area contributed by atoms with Crippen LogP contribution in [0.5, 0.6) is 0 Å². The van der Waals surface area contributed by atoms with E-state index in [0.29, 0.717) is 24.2 Å². The highest BCUT2D eigenvalue weighted by atomic mass is 16.2. The summed E-state index contributed by atoms with van der Waals surface area (Å²) in [7, 11) is 0. The van der Waals surface area contributed by atoms with Crippen LogP contribution in [-0.2, 0) is 11.2 Å². The Hall–Kier alpha value is -3.71. The Morgan fingerprint density at radius 1 is 0.971 bits per heavy atom. The van der Waals surface area contributed by atoms with E-state index in [1.165, 1.54) is 11.1 Å². The average Bonchev–Trinajstić information content (AvgIpc) is 2.85. The lowest BCUT2D eigenvalue weighted by Gasteiger charge is -2.27. The molecular formula is C27H30N4O3. The minimum atomic E-state index is -0.484. The van der Waals surface area contributed by atoms with Crippen LogP contribution in [0.15, 0.2) is 60.7 Å². The quantitative estimate of drug-likeness (QED) is 0.389. The zero-order valence-corrected chi connectivity index (χ0v) is 19.3. The molecule has 1 aliphatic carbocycles. The molecule has 3 amide bonds. The van der Waals surface area contributed by atoms with E-state index >= 15 is 0 Å². The molecule has 176 valence electrons. The van der Waals surface area contributed by atoms with E-state index in [-0.39, 0.29) is 23.9 Å². The van der Waals surface area contributed by atoms with Gasteiger partial charge in [-0.1, -0.05) is 36.4 Å². The van der Waals surface area contributed by atoms with Crippen LogP contribution in [0.1, 0.15) is 57.7 Å². The molecule has 0 saturated carbocycles. The van der Waals surface area contributed by atoms with Gasteiger partial charge in [-0.25, -0.2) is 0 Å². The Labute approximate surface area is 199 Å². The first-order valence-electron chi connectivity index (χ1n) is 11.7. The lowest BCUT2D eigenvalue weighted by atomic mass is 9.87. The molecule has 0 radical (unpaired) electrons. The summed E-state index contributed by atoms with van der Waals surface area (Å²) in [5.74, 6) is -0.723. The molecule has 5 N–H and O–H groups in total. The highest BCUT2D eigenvalue weighted by Gasteiger charge is 2.23. The zero-order valence-electron chi connectivity index (χ0n) is 19.3. The lowest BCUT2D eigenvalue weighted by molar-refractivity contribution is -0.123. The smallest absolute Gasteiger partial charge is 0.251 e. The van der Waals surface area contributed by atoms with Gasteiger partial charge in [-0.2, -0.15) is 0 Å². The molecule has 3 aromatic carbocycles. The Morgan fingerprint density at radius 2 is 1.68 bits per heavy atom. The lowest BCUT2D eigenvalue weighted by Crippen LogP contribution is -2.46. The van der Waals surface area contributed by atoms with E-state index in [2.05, 4.69) is 28.1 Å². The minimum absolute atomic E-state index is 0.0436. The molecular weight excluding hydrogens is 428 g/mol. The van der Waals surface area contributed by atoms with Crippen LogP contribution in [0.25, 0.3) is 10.8 Å². The topological polar surface area (TPSA) is 113 Å². The normalized spacial score (nSPS) is 15.9. The van der Waals surface area contributed by atoms with E-state index in [4.69, 9.17) is 5.73 Å². The van der Waals surface area contributed by atoms with Gasteiger partial charge in [-0.05, 0) is 72.4 Å². The summed E-state index contributed by atoms with van der Waals surface area (Å²) in [6, 6.07) is 18.4. The fraction of sp³-hybridized carbons (Fsp3) is 0.296. The summed E-state index contributed by atoms with van der Waals surface area (Å²) in [6.07, 6.45) is 3.07. The number of aryl methyl sites for hydroxylation is 1. The number of fused-ring (bicyclic) bond motifs is 2. The van der Waals surface area contributed by atoms with Gasteiger partial charge in [0.1, 0.15) is 0 Å². The van der Waals surface area contributed by atoms with E-state index < -0.39 is 5.91 Å². The SMILES string of the molecule is CC(NCCNC(=O)c1ccc2cc(C(N)=O)ccc2c1)C(=O)NC1CCCc2ccccc21. The molecule has 0 spiro atoms. The molecule has 0 aromatic heterocycles. The van der Waals surface area contributed by atoms with Crippen molar-refractivity contribution in [3.8, 4) is 0 Å². The molecule has 0 aliphatic heterocycles. The van der Waals surface area contributed by atoms with Crippen molar-refractivity contribution in [3.63, 3.8) is 0 Å². The molecule has 2 unspecified atom stereocenters. The molecule has 0 fully saturated rings. The molecule has 7 heteroatoms. The summed E-state index contributed by atoms with van der Waals surface area (Å²) in [5.41, 5.74) is 8.80. The number of hydrogen-bond donors (Lipinski definition) is 4. The Bertz CT molecular complexity index is 1220. The maximum Gasteiger partial charge on any atom is 0.251 e. The van der Waals surface area contributed by atoms with Crippen molar-refractivity contribution >= 4 is 28.5 Å². The first-order valence-corrected chi connectivity index (χ1v) is 11.7. The number of primary amides is 1. The predicted molar refractivity (Wildman–Crippen MR) is 133 cm³/mol. The van der Waals surface area contributed by atoms with Gasteiger partial charge >= 0.3 is 0 Å². The van der Waals surface area contributed by atoms with Crippen LogP contribution in [-0.4, -0.2) is 36.9 Å². The van der Waals surface area contributed by atoms with Crippen molar-refractivity contribution in [1.29, 1.82) is 0 Å². The number of hydrogen-bond acceptors (Lipinski definition) is 4. The van der Waals surface area contributed by atoms with Crippen molar-refractivity contribution in [2.75, 3.05) is 13.1 Å². The molecule has 0 heterocycles. The molecule has 4 rings (SSSR count). The third-order valence-corrected chi connectivity index (χ3v) is 6.33. The Balaban J connectivity index is 1.24. The van der Waals surface area contributed by atoms with Crippen LogP contribution in [0, 0.1) is 0 Å². The second-order valence-corrected chi connectivity index (χ2v) is 8.72. The zero-order chi connectivity index (χ0) is 24.1. The maximum atomic E-state index is 12.7. The van der Waals surface area contributed by atoms with Gasteiger partial charge in [0.2, 0.25) is 11.8 Å². The van der Waals surface area contributed by atoms with Crippen LogP contribution in [0.3, 0.4) is 0 Å². The highest BCUT2D eigenvalue weighted by Crippen LogP contribution is 2.29.